The number of nitrogens with one attached hydrogen (secondary N) is 2. The molecule has 0 saturated carbocycles. The summed E-state index contributed by atoms with van der Waals surface area (Å²) in [6.07, 6.45) is 1.62. The SMILES string of the molecule is CCNC(=S)N/N=C/c1cccc(OC)c1OCc1ccc(Cl)c(Cl)c1. The van der Waals surface area contributed by atoms with Crippen molar-refractivity contribution in [3.05, 3.63) is 57.6 Å². The molecular formula is C18H19Cl2N3O2S. The van der Waals surface area contributed by atoms with E-state index in [2.05, 4.69) is 15.8 Å². The molecule has 0 spiro atoms. The van der Waals surface area contributed by atoms with E-state index in [0.29, 0.717) is 33.3 Å². The Morgan fingerprint density at radius 3 is 2.73 bits per heavy atom. The van der Waals surface area contributed by atoms with E-state index in [0.717, 1.165) is 17.7 Å². The zero-order valence-electron chi connectivity index (χ0n) is 14.4. The van der Waals surface area contributed by atoms with Gasteiger partial charge in [-0.25, -0.2) is 0 Å². The molecule has 0 bridgehead atoms. The standard InChI is InChI=1S/C18H19Cl2N3O2S/c1-3-21-18(26)23-22-10-13-5-4-6-16(24-2)17(13)25-11-12-7-8-14(19)15(20)9-12/h4-10H,3,11H2,1-2H3,(H2,21,23,26)/b22-10+. The molecule has 2 N–H and O–H groups in total. The van der Waals surface area contributed by atoms with Crippen molar-refractivity contribution >= 4 is 46.7 Å². The summed E-state index contributed by atoms with van der Waals surface area (Å²) in [6, 6.07) is 10.9. The highest BCUT2D eigenvalue weighted by Gasteiger charge is 2.10. The number of ether oxygens (including phenoxy) is 2. The molecule has 0 aliphatic carbocycles. The zero-order chi connectivity index (χ0) is 18.9. The quantitative estimate of drug-likeness (QED) is 0.401. The first-order chi connectivity index (χ1) is 12.5. The summed E-state index contributed by atoms with van der Waals surface area (Å²) >= 11 is 17.1. The summed E-state index contributed by atoms with van der Waals surface area (Å²) in [5.41, 5.74) is 4.38. The van der Waals surface area contributed by atoms with E-state index >= 15 is 0 Å². The number of nitrogens with zero attached hydrogens (tertiary/aromatic N) is 1. The van der Waals surface area contributed by atoms with Gasteiger partial charge >= 0.3 is 0 Å². The minimum absolute atomic E-state index is 0.307. The van der Waals surface area contributed by atoms with Crippen LogP contribution in [0.5, 0.6) is 11.5 Å². The fourth-order valence-corrected chi connectivity index (χ4v) is 2.61. The van der Waals surface area contributed by atoms with Gasteiger partial charge in [-0.3, -0.25) is 5.43 Å². The van der Waals surface area contributed by atoms with Crippen molar-refractivity contribution in [1.82, 2.24) is 10.7 Å². The maximum absolute atomic E-state index is 6.05. The average molecular weight is 412 g/mol. The van der Waals surface area contributed by atoms with E-state index in [-0.39, 0.29) is 0 Å². The Morgan fingerprint density at radius 2 is 2.04 bits per heavy atom. The van der Waals surface area contributed by atoms with Gasteiger partial charge in [0.15, 0.2) is 16.6 Å². The highest BCUT2D eigenvalue weighted by Crippen LogP contribution is 2.31. The number of rotatable bonds is 7. The third-order valence-electron chi connectivity index (χ3n) is 3.30. The van der Waals surface area contributed by atoms with Crippen molar-refractivity contribution in [2.45, 2.75) is 13.5 Å². The van der Waals surface area contributed by atoms with Crippen LogP contribution in [0.15, 0.2) is 41.5 Å². The molecule has 2 aromatic rings. The molecule has 0 fully saturated rings. The number of hydrogen-bond donors (Lipinski definition) is 2. The number of methoxy groups -OCH3 is 1. The van der Waals surface area contributed by atoms with Gasteiger partial charge in [0.25, 0.3) is 0 Å². The first-order valence-electron chi connectivity index (χ1n) is 7.85. The van der Waals surface area contributed by atoms with Crippen molar-refractivity contribution < 1.29 is 9.47 Å². The Balaban J connectivity index is 2.16. The van der Waals surface area contributed by atoms with Crippen molar-refractivity contribution in [2.24, 2.45) is 5.10 Å². The van der Waals surface area contributed by atoms with Gasteiger partial charge in [-0.2, -0.15) is 5.10 Å². The number of thiocarbonyl (C=S) groups is 1. The zero-order valence-corrected chi connectivity index (χ0v) is 16.7. The van der Waals surface area contributed by atoms with Crippen LogP contribution in [0.4, 0.5) is 0 Å². The Hall–Kier alpha value is -2.02. The van der Waals surface area contributed by atoms with E-state index < -0.39 is 0 Å². The molecule has 2 aromatic carbocycles. The minimum Gasteiger partial charge on any atom is -0.493 e. The van der Waals surface area contributed by atoms with Gasteiger partial charge in [0.2, 0.25) is 0 Å². The molecule has 0 atom stereocenters. The van der Waals surface area contributed by atoms with Crippen molar-refractivity contribution in [2.75, 3.05) is 13.7 Å². The monoisotopic (exact) mass is 411 g/mol. The lowest BCUT2D eigenvalue weighted by Gasteiger charge is -2.13. The van der Waals surface area contributed by atoms with E-state index in [1.165, 1.54) is 0 Å². The van der Waals surface area contributed by atoms with Crippen LogP contribution < -0.4 is 20.2 Å². The number of para-hydroxylation sites is 1. The smallest absolute Gasteiger partial charge is 0.186 e. The maximum atomic E-state index is 6.05. The molecule has 2 rings (SSSR count). The molecule has 0 aromatic heterocycles. The average Bonchev–Trinajstić information content (AvgIpc) is 2.63. The van der Waals surface area contributed by atoms with Gasteiger partial charge in [0.05, 0.1) is 23.4 Å². The molecule has 0 heterocycles. The van der Waals surface area contributed by atoms with Crippen LogP contribution in [0.3, 0.4) is 0 Å². The molecular weight excluding hydrogens is 393 g/mol. The van der Waals surface area contributed by atoms with E-state index in [4.69, 9.17) is 44.9 Å². The van der Waals surface area contributed by atoms with Gasteiger partial charge in [-0.15, -0.1) is 0 Å². The topological polar surface area (TPSA) is 54.9 Å². The Labute approximate surface area is 168 Å². The first kappa shape index (κ1) is 20.3. The largest absolute Gasteiger partial charge is 0.493 e. The molecule has 0 unspecified atom stereocenters. The highest BCUT2D eigenvalue weighted by molar-refractivity contribution is 7.80. The van der Waals surface area contributed by atoms with Crippen molar-refractivity contribution in [1.29, 1.82) is 0 Å². The lowest BCUT2D eigenvalue weighted by molar-refractivity contribution is 0.284. The van der Waals surface area contributed by atoms with Gasteiger partial charge < -0.3 is 14.8 Å². The lowest BCUT2D eigenvalue weighted by Crippen LogP contribution is -2.31. The van der Waals surface area contributed by atoms with Crippen molar-refractivity contribution in [3.8, 4) is 11.5 Å². The van der Waals surface area contributed by atoms with Crippen molar-refractivity contribution in [3.63, 3.8) is 0 Å². The van der Waals surface area contributed by atoms with Gasteiger partial charge in [0.1, 0.15) is 6.61 Å². The highest BCUT2D eigenvalue weighted by atomic mass is 35.5. The molecule has 0 saturated heterocycles. The predicted molar refractivity (Wildman–Crippen MR) is 111 cm³/mol. The third-order valence-corrected chi connectivity index (χ3v) is 4.28. The maximum Gasteiger partial charge on any atom is 0.186 e. The summed E-state index contributed by atoms with van der Waals surface area (Å²) in [5, 5.41) is 8.51. The molecule has 0 aliphatic heterocycles. The van der Waals surface area contributed by atoms with Crippen LogP contribution in [0.2, 0.25) is 10.0 Å². The number of benzene rings is 2. The molecule has 8 heteroatoms. The molecule has 0 aliphatic rings. The van der Waals surface area contributed by atoms with Crippen LogP contribution in [-0.2, 0) is 6.61 Å². The summed E-state index contributed by atoms with van der Waals surface area (Å²) in [4.78, 5) is 0. The molecule has 138 valence electrons. The summed E-state index contributed by atoms with van der Waals surface area (Å²) in [7, 11) is 1.58. The van der Waals surface area contributed by atoms with E-state index in [1.54, 1.807) is 25.5 Å². The fourth-order valence-electron chi connectivity index (χ4n) is 2.10. The third kappa shape index (κ3) is 5.76. The summed E-state index contributed by atoms with van der Waals surface area (Å²) in [5.74, 6) is 1.17. The van der Waals surface area contributed by atoms with Crippen LogP contribution in [0.25, 0.3) is 0 Å². The van der Waals surface area contributed by atoms with Crippen LogP contribution in [-0.4, -0.2) is 25.0 Å². The second-order valence-electron chi connectivity index (χ2n) is 5.15. The van der Waals surface area contributed by atoms with Crippen LogP contribution in [0, 0.1) is 0 Å². The number of halogens is 2. The lowest BCUT2D eigenvalue weighted by atomic mass is 10.2. The molecule has 0 radical (unpaired) electrons. The normalized spacial score (nSPS) is 10.6. The van der Waals surface area contributed by atoms with Gasteiger partial charge in [-0.1, -0.05) is 35.3 Å². The van der Waals surface area contributed by atoms with E-state index in [1.807, 2.05) is 31.2 Å². The first-order valence-corrected chi connectivity index (χ1v) is 9.02. The van der Waals surface area contributed by atoms with Gasteiger partial charge in [-0.05, 0) is 49.0 Å². The molecule has 0 amide bonds. The Morgan fingerprint density at radius 1 is 1.23 bits per heavy atom. The minimum atomic E-state index is 0.307. The van der Waals surface area contributed by atoms with Gasteiger partial charge in [0, 0.05) is 12.1 Å². The molecule has 5 nitrogen and oxygen atoms in total. The Bertz CT molecular complexity index is 800. The van der Waals surface area contributed by atoms with E-state index in [9.17, 15) is 0 Å². The predicted octanol–water partition coefficient (Wildman–Crippen LogP) is 4.40. The fraction of sp³-hybridized carbons (Fsp3) is 0.222. The summed E-state index contributed by atoms with van der Waals surface area (Å²) in [6.45, 7) is 2.98. The summed E-state index contributed by atoms with van der Waals surface area (Å²) < 4.78 is 11.3. The second kappa shape index (κ2) is 10.2. The Kier molecular flexibility index (Phi) is 7.97. The molecule has 26 heavy (non-hydrogen) atoms. The number of hydrazone groups is 1. The van der Waals surface area contributed by atoms with Crippen LogP contribution >= 0.6 is 35.4 Å². The second-order valence-corrected chi connectivity index (χ2v) is 6.37. The van der Waals surface area contributed by atoms with Crippen LogP contribution in [0.1, 0.15) is 18.1 Å². The number of hydrogen-bond acceptors (Lipinski definition) is 4.